The van der Waals surface area contributed by atoms with Gasteiger partial charge in [0.15, 0.2) is 12.4 Å². The summed E-state index contributed by atoms with van der Waals surface area (Å²) < 4.78 is 10.4. The van der Waals surface area contributed by atoms with Crippen LogP contribution in [0.25, 0.3) is 0 Å². The molecule has 0 saturated heterocycles. The van der Waals surface area contributed by atoms with Gasteiger partial charge in [0.2, 0.25) is 11.9 Å². The van der Waals surface area contributed by atoms with Gasteiger partial charge in [-0.15, -0.1) is 0 Å². The molecule has 1 heterocycles. The summed E-state index contributed by atoms with van der Waals surface area (Å²) in [5.74, 6) is -0.0927. The standard InChI is InChI=1S/C18H15ClN6O5/c1-29-14-5-3-2-4-13(14)21-18-23-15(22-17(20)24-18)9-30-16(26)11-7-6-10(25(27)28)8-12(11)19/h2-8H,9H2,1H3,(H3,20,21,22,23,24). The van der Waals surface area contributed by atoms with Gasteiger partial charge in [-0.25, -0.2) is 4.79 Å². The molecule has 3 aromatic rings. The molecule has 0 spiro atoms. The van der Waals surface area contributed by atoms with Crippen LogP contribution < -0.4 is 15.8 Å². The molecule has 0 unspecified atom stereocenters. The fourth-order valence-electron chi connectivity index (χ4n) is 2.42. The number of carbonyl (C=O) groups is 1. The number of halogens is 1. The molecule has 0 bridgehead atoms. The number of nitro groups is 1. The summed E-state index contributed by atoms with van der Waals surface area (Å²) in [4.78, 5) is 34.5. The lowest BCUT2D eigenvalue weighted by Crippen LogP contribution is -2.11. The van der Waals surface area contributed by atoms with Gasteiger partial charge in [-0.2, -0.15) is 15.0 Å². The van der Waals surface area contributed by atoms with E-state index in [-0.39, 0.29) is 40.6 Å². The van der Waals surface area contributed by atoms with Crippen LogP contribution in [0.1, 0.15) is 16.2 Å². The van der Waals surface area contributed by atoms with Gasteiger partial charge in [-0.1, -0.05) is 23.7 Å². The molecule has 154 valence electrons. The topological polar surface area (TPSA) is 155 Å². The summed E-state index contributed by atoms with van der Waals surface area (Å²) >= 11 is 5.93. The van der Waals surface area contributed by atoms with Crippen LogP contribution in [-0.4, -0.2) is 33.0 Å². The maximum atomic E-state index is 12.3. The van der Waals surface area contributed by atoms with Gasteiger partial charge >= 0.3 is 5.97 Å². The van der Waals surface area contributed by atoms with Crippen LogP contribution in [0.3, 0.4) is 0 Å². The van der Waals surface area contributed by atoms with E-state index < -0.39 is 10.9 Å². The Morgan fingerprint density at radius 3 is 2.70 bits per heavy atom. The largest absolute Gasteiger partial charge is 0.495 e. The van der Waals surface area contributed by atoms with Crippen LogP contribution in [0.2, 0.25) is 5.02 Å². The van der Waals surface area contributed by atoms with E-state index in [0.29, 0.717) is 11.4 Å². The highest BCUT2D eigenvalue weighted by molar-refractivity contribution is 6.33. The van der Waals surface area contributed by atoms with E-state index in [1.807, 2.05) is 0 Å². The number of aromatic nitrogens is 3. The Bertz CT molecular complexity index is 1110. The predicted molar refractivity (Wildman–Crippen MR) is 108 cm³/mol. The fraction of sp³-hybridized carbons (Fsp3) is 0.111. The molecule has 0 aliphatic heterocycles. The number of methoxy groups -OCH3 is 1. The van der Waals surface area contributed by atoms with Crippen molar-refractivity contribution in [3.8, 4) is 5.75 Å². The monoisotopic (exact) mass is 430 g/mol. The van der Waals surface area contributed by atoms with Crippen molar-refractivity contribution < 1.29 is 19.2 Å². The third kappa shape index (κ3) is 4.89. The van der Waals surface area contributed by atoms with Crippen molar-refractivity contribution in [1.82, 2.24) is 15.0 Å². The highest BCUT2D eigenvalue weighted by atomic mass is 35.5. The van der Waals surface area contributed by atoms with E-state index in [1.54, 1.807) is 24.3 Å². The Morgan fingerprint density at radius 2 is 2.00 bits per heavy atom. The molecule has 0 radical (unpaired) electrons. The van der Waals surface area contributed by atoms with Crippen molar-refractivity contribution in [1.29, 1.82) is 0 Å². The number of hydrogen-bond donors (Lipinski definition) is 2. The first-order valence-electron chi connectivity index (χ1n) is 8.39. The number of para-hydroxylation sites is 2. The number of nitro benzene ring substituents is 1. The number of benzene rings is 2. The molecule has 0 amide bonds. The molecule has 1 aromatic heterocycles. The van der Waals surface area contributed by atoms with E-state index in [9.17, 15) is 14.9 Å². The number of nitrogens with zero attached hydrogens (tertiary/aromatic N) is 4. The summed E-state index contributed by atoms with van der Waals surface area (Å²) in [6, 6.07) is 10.5. The highest BCUT2D eigenvalue weighted by Gasteiger charge is 2.17. The molecule has 0 aliphatic rings. The number of hydrogen-bond acceptors (Lipinski definition) is 10. The van der Waals surface area contributed by atoms with E-state index in [0.717, 1.165) is 12.1 Å². The summed E-state index contributed by atoms with van der Waals surface area (Å²) in [6.45, 7) is -0.320. The van der Waals surface area contributed by atoms with Crippen LogP contribution in [0.4, 0.5) is 23.3 Å². The molecule has 0 atom stereocenters. The smallest absolute Gasteiger partial charge is 0.340 e. The predicted octanol–water partition coefficient (Wildman–Crippen LogP) is 3.12. The van der Waals surface area contributed by atoms with Gasteiger partial charge in [0, 0.05) is 12.1 Å². The minimum Gasteiger partial charge on any atom is -0.495 e. The Labute approximate surface area is 175 Å². The number of carbonyl (C=O) groups excluding carboxylic acids is 1. The van der Waals surface area contributed by atoms with Crippen LogP contribution in [-0.2, 0) is 11.3 Å². The number of esters is 1. The number of rotatable bonds is 7. The average Bonchev–Trinajstić information content (AvgIpc) is 2.72. The molecule has 0 saturated carbocycles. The van der Waals surface area contributed by atoms with Crippen LogP contribution in [0.15, 0.2) is 42.5 Å². The zero-order valence-electron chi connectivity index (χ0n) is 15.5. The van der Waals surface area contributed by atoms with Crippen molar-refractivity contribution in [3.63, 3.8) is 0 Å². The van der Waals surface area contributed by atoms with E-state index in [2.05, 4.69) is 20.3 Å². The van der Waals surface area contributed by atoms with E-state index in [4.69, 9.17) is 26.8 Å². The van der Waals surface area contributed by atoms with Gasteiger partial charge in [0.1, 0.15) is 5.75 Å². The highest BCUT2D eigenvalue weighted by Crippen LogP contribution is 2.26. The quantitative estimate of drug-likeness (QED) is 0.324. The van der Waals surface area contributed by atoms with Gasteiger partial charge < -0.3 is 20.5 Å². The molecule has 3 rings (SSSR count). The van der Waals surface area contributed by atoms with E-state index >= 15 is 0 Å². The second-order valence-electron chi connectivity index (χ2n) is 5.76. The lowest BCUT2D eigenvalue weighted by molar-refractivity contribution is -0.384. The summed E-state index contributed by atoms with van der Waals surface area (Å²) in [6.07, 6.45) is 0. The lowest BCUT2D eigenvalue weighted by atomic mass is 10.2. The van der Waals surface area contributed by atoms with Crippen molar-refractivity contribution in [3.05, 3.63) is 69.0 Å². The number of ether oxygens (including phenoxy) is 2. The molecule has 30 heavy (non-hydrogen) atoms. The molecule has 2 aromatic carbocycles. The van der Waals surface area contributed by atoms with Crippen molar-refractivity contribution in [2.75, 3.05) is 18.2 Å². The van der Waals surface area contributed by atoms with Gasteiger partial charge in [-0.05, 0) is 18.2 Å². The Morgan fingerprint density at radius 1 is 1.23 bits per heavy atom. The maximum Gasteiger partial charge on any atom is 0.340 e. The fourth-order valence-corrected chi connectivity index (χ4v) is 2.67. The van der Waals surface area contributed by atoms with Gasteiger partial charge in [-0.3, -0.25) is 10.1 Å². The summed E-state index contributed by atoms with van der Waals surface area (Å²) in [7, 11) is 1.52. The number of non-ortho nitro benzene ring substituents is 1. The molecule has 0 fully saturated rings. The second kappa shape index (κ2) is 9.01. The molecule has 12 heteroatoms. The summed E-state index contributed by atoms with van der Waals surface area (Å²) in [5.41, 5.74) is 6.04. The SMILES string of the molecule is COc1ccccc1Nc1nc(N)nc(COC(=O)c2ccc([N+](=O)[O-])cc2Cl)n1. The third-order valence-corrected chi connectivity index (χ3v) is 4.08. The average molecular weight is 431 g/mol. The second-order valence-corrected chi connectivity index (χ2v) is 6.16. The Balaban J connectivity index is 1.73. The molecule has 11 nitrogen and oxygen atoms in total. The van der Waals surface area contributed by atoms with Crippen molar-refractivity contribution in [2.24, 2.45) is 0 Å². The van der Waals surface area contributed by atoms with Gasteiger partial charge in [0.05, 0.1) is 28.3 Å². The molecule has 0 aliphatic carbocycles. The number of nitrogens with two attached hydrogens (primary N) is 1. The Hall–Kier alpha value is -3.99. The van der Waals surface area contributed by atoms with Crippen molar-refractivity contribution >= 4 is 40.8 Å². The summed E-state index contributed by atoms with van der Waals surface area (Å²) in [5, 5.41) is 13.6. The van der Waals surface area contributed by atoms with Crippen LogP contribution in [0, 0.1) is 10.1 Å². The normalized spacial score (nSPS) is 10.3. The number of nitrogens with one attached hydrogen (secondary N) is 1. The molecule has 3 N–H and O–H groups in total. The molecular formula is C18H15ClN6O5. The Kier molecular flexibility index (Phi) is 6.23. The first-order chi connectivity index (χ1) is 14.4. The first kappa shape index (κ1) is 20.7. The van der Waals surface area contributed by atoms with Crippen LogP contribution in [0.5, 0.6) is 5.75 Å². The molecular weight excluding hydrogens is 416 g/mol. The van der Waals surface area contributed by atoms with Gasteiger partial charge in [0.25, 0.3) is 5.69 Å². The maximum absolute atomic E-state index is 12.3. The minimum atomic E-state index is -0.798. The zero-order chi connectivity index (χ0) is 21.7. The number of nitrogen functional groups attached to an aromatic ring is 1. The minimum absolute atomic E-state index is 0.0309. The lowest BCUT2D eigenvalue weighted by Gasteiger charge is -2.11. The zero-order valence-corrected chi connectivity index (χ0v) is 16.3. The third-order valence-electron chi connectivity index (χ3n) is 3.77. The number of anilines is 3. The van der Waals surface area contributed by atoms with E-state index in [1.165, 1.54) is 13.2 Å². The first-order valence-corrected chi connectivity index (χ1v) is 8.76. The van der Waals surface area contributed by atoms with Crippen LogP contribution >= 0.6 is 11.6 Å². The van der Waals surface area contributed by atoms with Crippen molar-refractivity contribution in [2.45, 2.75) is 6.61 Å².